The van der Waals surface area contributed by atoms with Crippen LogP contribution in [0, 0.1) is 0 Å². The summed E-state index contributed by atoms with van der Waals surface area (Å²) in [5, 5.41) is 8.63. The molecule has 1 aromatic heterocycles. The van der Waals surface area contributed by atoms with Gasteiger partial charge >= 0.3 is 0 Å². The lowest BCUT2D eigenvalue weighted by atomic mass is 9.86. The Morgan fingerprint density at radius 3 is 1.71 bits per heavy atom. The molecule has 2 heterocycles. The second-order valence-corrected chi connectivity index (χ2v) is 13.0. The standard InChI is InChI=1S/C31H20NPS/c34-33(21-10-2-1-3-11-21)28-16-8-6-14-25(28)30-23-13-5-4-12-22(23)27-20-32-19-18-24(27)31(30)26-15-7-9-17-29(26)33/h1-20H. The first kappa shape index (κ1) is 19.9. The zero-order valence-corrected chi connectivity index (χ0v) is 20.1. The smallest absolute Gasteiger partial charge is 0.0391 e. The van der Waals surface area contributed by atoms with Gasteiger partial charge < -0.3 is 0 Å². The van der Waals surface area contributed by atoms with Gasteiger partial charge in [-0.05, 0) is 49.8 Å². The van der Waals surface area contributed by atoms with Gasteiger partial charge in [-0.1, -0.05) is 115 Å². The van der Waals surface area contributed by atoms with Crippen LogP contribution < -0.4 is 15.9 Å². The molecule has 6 aromatic rings. The highest BCUT2D eigenvalue weighted by atomic mass is 32.4. The second kappa shape index (κ2) is 7.46. The Labute approximate surface area is 203 Å². The van der Waals surface area contributed by atoms with E-state index < -0.39 is 6.04 Å². The Balaban J connectivity index is 1.80. The van der Waals surface area contributed by atoms with Crippen molar-refractivity contribution in [3.63, 3.8) is 0 Å². The molecule has 160 valence electrons. The highest BCUT2D eigenvalue weighted by Crippen LogP contribution is 2.54. The molecule has 0 N–H and O–H groups in total. The average Bonchev–Trinajstić information content (AvgIpc) is 3.02. The molecule has 0 saturated heterocycles. The van der Waals surface area contributed by atoms with Crippen molar-refractivity contribution in [3.05, 3.63) is 122 Å². The molecule has 0 radical (unpaired) electrons. The Morgan fingerprint density at radius 1 is 0.500 bits per heavy atom. The summed E-state index contributed by atoms with van der Waals surface area (Å²) in [5.41, 5.74) is 5.03. The number of rotatable bonds is 1. The molecular formula is C31H20NPS. The number of fused-ring (bicyclic) bond motifs is 10. The Morgan fingerprint density at radius 2 is 1.03 bits per heavy atom. The lowest BCUT2D eigenvalue weighted by molar-refractivity contribution is 1.37. The van der Waals surface area contributed by atoms with E-state index in [1.54, 1.807) is 0 Å². The lowest BCUT2D eigenvalue weighted by Crippen LogP contribution is -2.25. The summed E-state index contributed by atoms with van der Waals surface area (Å²) in [4.78, 5) is 4.50. The van der Waals surface area contributed by atoms with E-state index in [4.69, 9.17) is 11.8 Å². The van der Waals surface area contributed by atoms with Crippen molar-refractivity contribution in [3.8, 4) is 22.3 Å². The third-order valence-electron chi connectivity index (χ3n) is 6.97. The first-order valence-corrected chi connectivity index (χ1v) is 14.2. The van der Waals surface area contributed by atoms with E-state index in [2.05, 4.69) is 114 Å². The number of benzene rings is 5. The van der Waals surface area contributed by atoms with Crippen molar-refractivity contribution >= 4 is 55.3 Å². The fourth-order valence-corrected chi connectivity index (χ4v) is 9.93. The van der Waals surface area contributed by atoms with Crippen LogP contribution in [0.25, 0.3) is 43.8 Å². The van der Waals surface area contributed by atoms with Crippen LogP contribution in [0.15, 0.2) is 122 Å². The summed E-state index contributed by atoms with van der Waals surface area (Å²) in [5.74, 6) is 0. The molecule has 1 atom stereocenters. The van der Waals surface area contributed by atoms with Gasteiger partial charge in [-0.2, -0.15) is 0 Å². The Hall–Kier alpha value is -3.58. The fraction of sp³-hybridized carbons (Fsp3) is 0. The van der Waals surface area contributed by atoms with Crippen molar-refractivity contribution in [1.29, 1.82) is 0 Å². The van der Waals surface area contributed by atoms with Gasteiger partial charge in [0, 0.05) is 34.4 Å². The molecule has 1 unspecified atom stereocenters. The molecule has 0 saturated carbocycles. The molecule has 5 aromatic carbocycles. The SMILES string of the molecule is S=P1(c2ccccc2)c2ccccc2-c2c(c3ccncc3c3ccccc23)-c2ccccc21. The molecule has 1 aliphatic heterocycles. The number of hydrogen-bond donors (Lipinski definition) is 0. The van der Waals surface area contributed by atoms with Gasteiger partial charge in [-0.15, -0.1) is 0 Å². The molecule has 0 spiro atoms. The first-order chi connectivity index (χ1) is 16.8. The van der Waals surface area contributed by atoms with Crippen LogP contribution in [-0.2, 0) is 11.8 Å². The monoisotopic (exact) mass is 469 g/mol. The maximum absolute atomic E-state index is 6.81. The van der Waals surface area contributed by atoms with Gasteiger partial charge in [-0.3, -0.25) is 4.98 Å². The van der Waals surface area contributed by atoms with Gasteiger partial charge in [0.1, 0.15) is 0 Å². The van der Waals surface area contributed by atoms with E-state index in [9.17, 15) is 0 Å². The van der Waals surface area contributed by atoms with Crippen molar-refractivity contribution < 1.29 is 0 Å². The third kappa shape index (κ3) is 2.61. The summed E-state index contributed by atoms with van der Waals surface area (Å²) in [6.45, 7) is 0. The maximum Gasteiger partial charge on any atom is 0.0391 e. The molecule has 34 heavy (non-hydrogen) atoms. The summed E-state index contributed by atoms with van der Waals surface area (Å²) >= 11 is 6.81. The van der Waals surface area contributed by atoms with Gasteiger partial charge in [-0.25, -0.2) is 0 Å². The average molecular weight is 470 g/mol. The molecule has 7 rings (SSSR count). The van der Waals surface area contributed by atoms with Crippen LogP contribution in [-0.4, -0.2) is 4.98 Å². The molecule has 0 bridgehead atoms. The van der Waals surface area contributed by atoms with E-state index in [0.717, 1.165) is 0 Å². The number of aromatic nitrogens is 1. The summed E-state index contributed by atoms with van der Waals surface area (Å²) in [7, 11) is 0. The fourth-order valence-electron chi connectivity index (χ4n) is 5.56. The predicted octanol–water partition coefficient (Wildman–Crippen LogP) is 6.79. The topological polar surface area (TPSA) is 12.9 Å². The van der Waals surface area contributed by atoms with Crippen molar-refractivity contribution in [2.24, 2.45) is 0 Å². The summed E-state index contributed by atoms with van der Waals surface area (Å²) in [6.07, 6.45) is 3.91. The highest BCUT2D eigenvalue weighted by molar-refractivity contribution is 8.25. The van der Waals surface area contributed by atoms with Crippen LogP contribution in [0.1, 0.15) is 0 Å². The van der Waals surface area contributed by atoms with E-state index in [1.165, 1.54) is 59.7 Å². The van der Waals surface area contributed by atoms with Gasteiger partial charge in [0.05, 0.1) is 0 Å². The molecule has 0 amide bonds. The molecule has 1 aliphatic rings. The van der Waals surface area contributed by atoms with Crippen molar-refractivity contribution in [2.45, 2.75) is 0 Å². The highest BCUT2D eigenvalue weighted by Gasteiger charge is 2.35. The summed E-state index contributed by atoms with van der Waals surface area (Å²) in [6, 6.07) is 36.9. The van der Waals surface area contributed by atoms with Crippen LogP contribution in [0.2, 0.25) is 0 Å². The van der Waals surface area contributed by atoms with Gasteiger partial charge in [0.2, 0.25) is 0 Å². The van der Waals surface area contributed by atoms with Crippen molar-refractivity contribution in [2.75, 3.05) is 0 Å². The quantitative estimate of drug-likeness (QED) is 0.194. The van der Waals surface area contributed by atoms with Crippen LogP contribution >= 0.6 is 6.04 Å². The predicted molar refractivity (Wildman–Crippen MR) is 150 cm³/mol. The zero-order chi connectivity index (χ0) is 22.7. The van der Waals surface area contributed by atoms with E-state index >= 15 is 0 Å². The molecule has 0 aliphatic carbocycles. The summed E-state index contributed by atoms with van der Waals surface area (Å²) < 4.78 is 0. The molecule has 1 nitrogen and oxygen atoms in total. The Kier molecular flexibility index (Phi) is 4.36. The molecular weight excluding hydrogens is 449 g/mol. The minimum atomic E-state index is -2.31. The van der Waals surface area contributed by atoms with Gasteiger partial charge in [0.25, 0.3) is 0 Å². The molecule has 0 fully saturated rings. The number of nitrogens with zero attached hydrogens (tertiary/aromatic N) is 1. The lowest BCUT2D eigenvalue weighted by Gasteiger charge is -2.26. The van der Waals surface area contributed by atoms with E-state index in [0.29, 0.717) is 0 Å². The second-order valence-electron chi connectivity index (χ2n) is 8.70. The van der Waals surface area contributed by atoms with Crippen LogP contribution in [0.4, 0.5) is 0 Å². The third-order valence-corrected chi connectivity index (χ3v) is 11.9. The van der Waals surface area contributed by atoms with E-state index in [1.807, 2.05) is 12.4 Å². The van der Waals surface area contributed by atoms with Crippen molar-refractivity contribution in [1.82, 2.24) is 4.98 Å². The van der Waals surface area contributed by atoms with Gasteiger partial charge in [0.15, 0.2) is 0 Å². The first-order valence-electron chi connectivity index (χ1n) is 11.4. The minimum absolute atomic E-state index is 1.18. The number of hydrogen-bond acceptors (Lipinski definition) is 2. The maximum atomic E-state index is 6.81. The van der Waals surface area contributed by atoms with E-state index in [-0.39, 0.29) is 0 Å². The molecule has 3 heteroatoms. The Bertz CT molecular complexity index is 1680. The van der Waals surface area contributed by atoms with Crippen LogP contribution in [0.5, 0.6) is 0 Å². The minimum Gasteiger partial charge on any atom is -0.264 e. The number of pyridine rings is 1. The normalized spacial score (nSPS) is 16.5. The largest absolute Gasteiger partial charge is 0.264 e. The zero-order valence-electron chi connectivity index (χ0n) is 18.3. The van der Waals surface area contributed by atoms with Crippen LogP contribution in [0.3, 0.4) is 0 Å².